The van der Waals surface area contributed by atoms with Crippen LogP contribution in [-0.2, 0) is 35.1 Å². The number of likely N-dealkylation sites (N-methyl/N-ethyl adjacent to an activating group) is 2. The molecule has 8 atom stereocenters. The van der Waals surface area contributed by atoms with E-state index in [2.05, 4.69) is 34.8 Å². The lowest BCUT2D eigenvalue weighted by Gasteiger charge is -2.39. The Labute approximate surface area is 328 Å². The highest BCUT2D eigenvalue weighted by molar-refractivity contribution is 7.09. The molecular weight excluding hydrogens is 705 g/mol. The van der Waals surface area contributed by atoms with Gasteiger partial charge in [0.05, 0.1) is 55.3 Å². The highest BCUT2D eigenvalue weighted by Gasteiger charge is 2.42. The summed E-state index contributed by atoms with van der Waals surface area (Å²) in [5, 5.41) is 11.7. The van der Waals surface area contributed by atoms with Crippen molar-refractivity contribution in [1.29, 1.82) is 0 Å². The second-order valence-corrected chi connectivity index (χ2v) is 15.6. The summed E-state index contributed by atoms with van der Waals surface area (Å²) < 4.78 is 11.9. The van der Waals surface area contributed by atoms with E-state index < -0.39 is 30.2 Å². The summed E-state index contributed by atoms with van der Waals surface area (Å²) in [6, 6.07) is 8.58. The van der Waals surface area contributed by atoms with E-state index in [0.717, 1.165) is 23.4 Å². The molecule has 0 bridgehead atoms. The van der Waals surface area contributed by atoms with Crippen LogP contribution < -0.4 is 16.0 Å². The molecule has 2 heterocycles. The predicted molar refractivity (Wildman–Crippen MR) is 216 cm³/mol. The molecule has 1 aliphatic rings. The first kappa shape index (κ1) is 46.8. The normalized spacial score (nSPS) is 18.0. The molecule has 1 fully saturated rings. The molecule has 3 N–H and O–H groups in total. The maximum absolute atomic E-state index is 14.1. The molecule has 8 unspecified atom stereocenters. The first-order valence-electron chi connectivity index (χ1n) is 19.6. The van der Waals surface area contributed by atoms with Crippen LogP contribution in [0.5, 0.6) is 0 Å². The van der Waals surface area contributed by atoms with Gasteiger partial charge in [0, 0.05) is 39.4 Å². The molecule has 1 aromatic carbocycles. The molecule has 0 aliphatic carbocycles. The molecule has 13 heteroatoms. The van der Waals surface area contributed by atoms with Crippen molar-refractivity contribution in [1.82, 2.24) is 30.7 Å². The zero-order chi connectivity index (χ0) is 40.4. The highest BCUT2D eigenvalue weighted by atomic mass is 32.1. The van der Waals surface area contributed by atoms with Gasteiger partial charge in [-0.05, 0) is 43.7 Å². The maximum atomic E-state index is 14.1. The van der Waals surface area contributed by atoms with Crippen molar-refractivity contribution in [3.05, 3.63) is 52.5 Å². The van der Waals surface area contributed by atoms with E-state index in [1.54, 1.807) is 39.4 Å². The third kappa shape index (κ3) is 13.4. The number of carbonyl (C=O) groups excluding carboxylic acids is 4. The Morgan fingerprint density at radius 1 is 1.02 bits per heavy atom. The first-order valence-corrected chi connectivity index (χ1v) is 20.5. The van der Waals surface area contributed by atoms with E-state index in [-0.39, 0.29) is 60.5 Å². The number of likely N-dealkylation sites (tertiary alicyclic amines) is 1. The van der Waals surface area contributed by atoms with Crippen LogP contribution in [0.1, 0.15) is 97.2 Å². The van der Waals surface area contributed by atoms with Crippen molar-refractivity contribution in [3.63, 3.8) is 0 Å². The van der Waals surface area contributed by atoms with Crippen LogP contribution in [0.2, 0.25) is 0 Å². The monoisotopic (exact) mass is 772 g/mol. The summed E-state index contributed by atoms with van der Waals surface area (Å²) in [4.78, 5) is 61.9. The second-order valence-electron chi connectivity index (χ2n) is 14.7. The molecule has 54 heavy (non-hydrogen) atoms. The number of nitrogens with zero attached hydrogens (tertiary/aromatic N) is 3. The van der Waals surface area contributed by atoms with Crippen molar-refractivity contribution in [2.75, 3.05) is 41.4 Å². The molecule has 0 saturated carbocycles. The van der Waals surface area contributed by atoms with Crippen molar-refractivity contribution in [2.24, 2.45) is 17.8 Å². The van der Waals surface area contributed by atoms with Gasteiger partial charge in [0.25, 0.3) is 0 Å². The highest BCUT2D eigenvalue weighted by Crippen LogP contribution is 2.30. The minimum absolute atomic E-state index is 0.0135. The van der Waals surface area contributed by atoms with Gasteiger partial charge < -0.3 is 35.2 Å². The molecule has 12 nitrogen and oxygen atoms in total. The Morgan fingerprint density at radius 3 is 2.22 bits per heavy atom. The van der Waals surface area contributed by atoms with Crippen LogP contribution in [-0.4, -0.2) is 110 Å². The molecular formula is C41H68N6O6S. The summed E-state index contributed by atoms with van der Waals surface area (Å²) in [6.07, 6.45) is 4.79. The average molecular weight is 773 g/mol. The zero-order valence-corrected chi connectivity index (χ0v) is 35.4. The number of nitrogens with one attached hydrogen (secondary N) is 3. The van der Waals surface area contributed by atoms with Crippen molar-refractivity contribution >= 4 is 35.0 Å². The van der Waals surface area contributed by atoms with Gasteiger partial charge in [-0.2, -0.15) is 0 Å². The number of amides is 4. The van der Waals surface area contributed by atoms with Crippen LogP contribution in [0, 0.1) is 17.8 Å². The molecule has 0 radical (unpaired) electrons. The van der Waals surface area contributed by atoms with E-state index in [4.69, 9.17) is 9.47 Å². The van der Waals surface area contributed by atoms with Crippen LogP contribution in [0.3, 0.4) is 0 Å². The Morgan fingerprint density at radius 2 is 1.69 bits per heavy atom. The maximum Gasteiger partial charge on any atom is 0.242 e. The van der Waals surface area contributed by atoms with Gasteiger partial charge in [-0.3, -0.25) is 19.2 Å². The molecule has 3 rings (SSSR count). The summed E-state index contributed by atoms with van der Waals surface area (Å²) in [7, 11) is 6.58. The Hall–Kier alpha value is -3.39. The Bertz CT molecular complexity index is 1400. The number of benzene rings is 1. The smallest absolute Gasteiger partial charge is 0.242 e. The molecule has 1 aliphatic heterocycles. The topological polar surface area (TPSA) is 142 Å². The zero-order valence-electron chi connectivity index (χ0n) is 34.6. The lowest BCUT2D eigenvalue weighted by molar-refractivity contribution is -0.146. The summed E-state index contributed by atoms with van der Waals surface area (Å²) >= 11 is 1.50. The van der Waals surface area contributed by atoms with E-state index in [1.165, 1.54) is 17.8 Å². The largest absolute Gasteiger partial charge is 0.379 e. The third-order valence-corrected chi connectivity index (χ3v) is 11.2. The van der Waals surface area contributed by atoms with Crippen LogP contribution >= 0.6 is 11.3 Å². The van der Waals surface area contributed by atoms with E-state index in [0.29, 0.717) is 19.4 Å². The van der Waals surface area contributed by atoms with Gasteiger partial charge in [0.2, 0.25) is 23.6 Å². The van der Waals surface area contributed by atoms with Gasteiger partial charge in [-0.15, -0.1) is 11.3 Å². The minimum Gasteiger partial charge on any atom is -0.379 e. The second kappa shape index (κ2) is 24.2. The summed E-state index contributed by atoms with van der Waals surface area (Å²) in [5.74, 6) is -1.24. The molecule has 2 aromatic rings. The van der Waals surface area contributed by atoms with E-state index in [9.17, 15) is 19.2 Å². The van der Waals surface area contributed by atoms with Crippen LogP contribution in [0.4, 0.5) is 0 Å². The van der Waals surface area contributed by atoms with Crippen LogP contribution in [0.15, 0.2) is 41.9 Å². The average Bonchev–Trinajstić information content (AvgIpc) is 3.88. The quantitative estimate of drug-likeness (QED) is 0.166. The number of rotatable bonds is 20. The first-order chi connectivity index (χ1) is 25.8. The number of thiazole rings is 1. The van der Waals surface area contributed by atoms with Crippen LogP contribution in [0.25, 0.3) is 0 Å². The number of ether oxygens (including phenoxy) is 2. The summed E-state index contributed by atoms with van der Waals surface area (Å²) in [6.45, 7) is 14.4. The van der Waals surface area contributed by atoms with Crippen molar-refractivity contribution in [3.8, 4) is 0 Å². The fourth-order valence-electron chi connectivity index (χ4n) is 7.25. The van der Waals surface area contributed by atoms with E-state index in [1.807, 2.05) is 75.2 Å². The lowest BCUT2D eigenvalue weighted by atomic mass is 9.90. The van der Waals surface area contributed by atoms with Gasteiger partial charge in [0.1, 0.15) is 5.01 Å². The fraction of sp³-hybridized carbons (Fsp3) is 0.683. The van der Waals surface area contributed by atoms with Gasteiger partial charge >= 0.3 is 0 Å². The number of aromatic nitrogens is 1. The van der Waals surface area contributed by atoms with Gasteiger partial charge in [-0.25, -0.2) is 4.98 Å². The number of hydrogen-bond donors (Lipinski definition) is 3. The van der Waals surface area contributed by atoms with Gasteiger partial charge in [0.15, 0.2) is 0 Å². The molecule has 0 spiro atoms. The molecule has 4 amide bonds. The molecule has 1 aromatic heterocycles. The van der Waals surface area contributed by atoms with Crippen molar-refractivity contribution < 1.29 is 28.7 Å². The molecule has 1 saturated heterocycles. The van der Waals surface area contributed by atoms with E-state index >= 15 is 0 Å². The summed E-state index contributed by atoms with van der Waals surface area (Å²) in [5.41, 5.74) is 1.09. The Balaban J connectivity index is 0.00000325. The number of methoxy groups -OCH3 is 2. The molecule has 304 valence electrons. The minimum atomic E-state index is -0.585. The Kier molecular flexibility index (Phi) is 21.0. The standard InChI is InChI=1S/C38H60N6O6S.C3H8/c1-10-25(4)34(43(7)32(46)23-41-37(48)33(39-6)24(2)3)30(49-8)22-31(45)44-19-14-17-29(44)35(50-9)26(5)36(47)42-28(38-40-18-20-51-38)21-27-15-12-11-13-16-27;1-3-2/h11-13,15-16,18,20,24-26,28-30,33-35,39H,10,14,17,19,21-23H2,1-9H3,(H,41,48)(H,42,47);3H2,1-2H3. The van der Waals surface area contributed by atoms with Crippen molar-refractivity contribution in [2.45, 2.75) is 123 Å². The fourth-order valence-corrected chi connectivity index (χ4v) is 7.94. The van der Waals surface area contributed by atoms with Gasteiger partial charge in [-0.1, -0.05) is 91.6 Å². The number of hydrogen-bond acceptors (Lipinski definition) is 9. The number of carbonyl (C=O) groups is 4. The lowest BCUT2D eigenvalue weighted by Crippen LogP contribution is -2.55. The SMILES string of the molecule is CCC.CCC(C)C(C(CC(=O)N1CCCC1C(OC)C(C)C(=O)NC(Cc1ccccc1)c1nccs1)OC)N(C)C(=O)CNC(=O)C(NC)C(C)C. The predicted octanol–water partition coefficient (Wildman–Crippen LogP) is 5.24. The third-order valence-electron chi connectivity index (χ3n) is 10.3.